The average Bonchev–Trinajstić information content (AvgIpc) is 2.34. The molecule has 1 unspecified atom stereocenters. The van der Waals surface area contributed by atoms with Gasteiger partial charge in [0.2, 0.25) is 0 Å². The summed E-state index contributed by atoms with van der Waals surface area (Å²) in [5, 5.41) is 1.17. The predicted octanol–water partition coefficient (Wildman–Crippen LogP) is 3.21. The Hall–Kier alpha value is -0.370. The molecule has 0 aromatic carbocycles. The molecule has 1 aromatic heterocycles. The van der Waals surface area contributed by atoms with Gasteiger partial charge in [-0.25, -0.2) is 4.98 Å². The van der Waals surface area contributed by atoms with Crippen molar-refractivity contribution < 1.29 is 0 Å². The van der Waals surface area contributed by atoms with Gasteiger partial charge in [-0.1, -0.05) is 20.8 Å². The summed E-state index contributed by atoms with van der Waals surface area (Å²) in [7, 11) is 0. The van der Waals surface area contributed by atoms with Crippen molar-refractivity contribution in [2.45, 2.75) is 33.6 Å². The molecule has 11 heavy (non-hydrogen) atoms. The van der Waals surface area contributed by atoms with Crippen LogP contribution >= 0.6 is 11.3 Å². The zero-order valence-corrected chi connectivity index (χ0v) is 8.40. The largest absolute Gasteiger partial charge is 0.250 e. The molecule has 0 bridgehead atoms. The predicted molar refractivity (Wildman–Crippen MR) is 50.1 cm³/mol. The quantitative estimate of drug-likeness (QED) is 0.662. The van der Waals surface area contributed by atoms with E-state index in [0.717, 1.165) is 5.92 Å². The second-order valence-corrected chi connectivity index (χ2v) is 4.58. The Balaban J connectivity index is 2.76. The van der Waals surface area contributed by atoms with Crippen molar-refractivity contribution in [3.8, 4) is 0 Å². The average molecular weight is 169 g/mol. The maximum Gasteiger partial charge on any atom is 0.0896 e. The van der Waals surface area contributed by atoms with E-state index < -0.39 is 0 Å². The van der Waals surface area contributed by atoms with Gasteiger partial charge in [0, 0.05) is 11.1 Å². The fraction of sp³-hybridized carbons (Fsp3) is 0.667. The van der Waals surface area contributed by atoms with Gasteiger partial charge in [0.1, 0.15) is 0 Å². The van der Waals surface area contributed by atoms with Gasteiger partial charge in [-0.15, -0.1) is 11.3 Å². The molecular formula is C9H15NS. The standard InChI is InChI=1S/C9H15NS/c1-6(2)7(3)9-5-10-8(4)11-9/h5-7H,1-4H3. The summed E-state index contributed by atoms with van der Waals surface area (Å²) >= 11 is 1.81. The Morgan fingerprint density at radius 1 is 1.36 bits per heavy atom. The number of aromatic nitrogens is 1. The van der Waals surface area contributed by atoms with E-state index in [2.05, 4.69) is 32.7 Å². The van der Waals surface area contributed by atoms with E-state index >= 15 is 0 Å². The van der Waals surface area contributed by atoms with Crippen LogP contribution in [0.3, 0.4) is 0 Å². The van der Waals surface area contributed by atoms with Crippen LogP contribution in [0.2, 0.25) is 0 Å². The van der Waals surface area contributed by atoms with Crippen LogP contribution in [0.4, 0.5) is 0 Å². The lowest BCUT2D eigenvalue weighted by molar-refractivity contribution is 0.541. The van der Waals surface area contributed by atoms with Gasteiger partial charge in [0.15, 0.2) is 0 Å². The highest BCUT2D eigenvalue weighted by Gasteiger charge is 2.11. The van der Waals surface area contributed by atoms with Crippen molar-refractivity contribution in [3.63, 3.8) is 0 Å². The second kappa shape index (κ2) is 3.35. The second-order valence-electron chi connectivity index (χ2n) is 3.31. The molecule has 0 aliphatic rings. The Morgan fingerprint density at radius 3 is 2.36 bits per heavy atom. The third-order valence-electron chi connectivity index (χ3n) is 2.09. The number of aryl methyl sites for hydroxylation is 1. The molecule has 0 aliphatic carbocycles. The first-order chi connectivity index (χ1) is 5.11. The monoisotopic (exact) mass is 169 g/mol. The van der Waals surface area contributed by atoms with Gasteiger partial charge >= 0.3 is 0 Å². The van der Waals surface area contributed by atoms with E-state index in [1.54, 1.807) is 0 Å². The van der Waals surface area contributed by atoms with Crippen molar-refractivity contribution >= 4 is 11.3 Å². The van der Waals surface area contributed by atoms with Crippen LogP contribution in [0.25, 0.3) is 0 Å². The van der Waals surface area contributed by atoms with Crippen LogP contribution in [0.15, 0.2) is 6.20 Å². The molecule has 0 amide bonds. The molecule has 1 rings (SSSR count). The molecule has 62 valence electrons. The van der Waals surface area contributed by atoms with Crippen LogP contribution < -0.4 is 0 Å². The lowest BCUT2D eigenvalue weighted by atomic mass is 9.97. The number of thiazole rings is 1. The molecule has 0 spiro atoms. The maximum absolute atomic E-state index is 4.24. The highest BCUT2D eigenvalue weighted by Crippen LogP contribution is 2.27. The highest BCUT2D eigenvalue weighted by molar-refractivity contribution is 7.11. The number of nitrogens with zero attached hydrogens (tertiary/aromatic N) is 1. The molecule has 0 radical (unpaired) electrons. The molecule has 0 saturated carbocycles. The SMILES string of the molecule is Cc1ncc(C(C)C(C)C)s1. The van der Waals surface area contributed by atoms with E-state index in [1.807, 2.05) is 17.5 Å². The summed E-state index contributed by atoms with van der Waals surface area (Å²) in [4.78, 5) is 5.65. The molecule has 0 aliphatic heterocycles. The van der Waals surface area contributed by atoms with Crippen molar-refractivity contribution in [1.82, 2.24) is 4.98 Å². The zero-order valence-electron chi connectivity index (χ0n) is 7.59. The van der Waals surface area contributed by atoms with Crippen LogP contribution in [0.1, 0.15) is 36.6 Å². The van der Waals surface area contributed by atoms with Crippen molar-refractivity contribution in [2.75, 3.05) is 0 Å². The molecule has 1 heterocycles. The summed E-state index contributed by atoms with van der Waals surface area (Å²) in [5.74, 6) is 1.37. The summed E-state index contributed by atoms with van der Waals surface area (Å²) in [6, 6.07) is 0. The van der Waals surface area contributed by atoms with Gasteiger partial charge in [0.05, 0.1) is 5.01 Å². The normalized spacial score (nSPS) is 13.9. The van der Waals surface area contributed by atoms with Gasteiger partial charge in [-0.2, -0.15) is 0 Å². The smallest absolute Gasteiger partial charge is 0.0896 e. The highest BCUT2D eigenvalue weighted by atomic mass is 32.1. The number of hydrogen-bond donors (Lipinski definition) is 0. The molecule has 2 heteroatoms. The molecule has 0 saturated heterocycles. The van der Waals surface area contributed by atoms with Crippen molar-refractivity contribution in [3.05, 3.63) is 16.1 Å². The van der Waals surface area contributed by atoms with E-state index in [9.17, 15) is 0 Å². The summed E-state index contributed by atoms with van der Waals surface area (Å²) in [5.41, 5.74) is 0. The Morgan fingerprint density at radius 2 is 2.00 bits per heavy atom. The minimum Gasteiger partial charge on any atom is -0.250 e. The Kier molecular flexibility index (Phi) is 2.66. The van der Waals surface area contributed by atoms with E-state index in [0.29, 0.717) is 5.92 Å². The first-order valence-electron chi connectivity index (χ1n) is 4.03. The van der Waals surface area contributed by atoms with Gasteiger partial charge in [-0.05, 0) is 18.8 Å². The number of rotatable bonds is 2. The first-order valence-corrected chi connectivity index (χ1v) is 4.85. The first kappa shape index (κ1) is 8.72. The van der Waals surface area contributed by atoms with Gasteiger partial charge in [0.25, 0.3) is 0 Å². The van der Waals surface area contributed by atoms with Crippen LogP contribution in [0.5, 0.6) is 0 Å². The Labute approximate surface area is 72.5 Å². The maximum atomic E-state index is 4.24. The van der Waals surface area contributed by atoms with E-state index in [-0.39, 0.29) is 0 Å². The zero-order chi connectivity index (χ0) is 8.43. The topological polar surface area (TPSA) is 12.9 Å². The summed E-state index contributed by atoms with van der Waals surface area (Å²) in [6.45, 7) is 8.82. The van der Waals surface area contributed by atoms with E-state index in [1.165, 1.54) is 9.88 Å². The van der Waals surface area contributed by atoms with E-state index in [4.69, 9.17) is 0 Å². The molecule has 1 nitrogen and oxygen atoms in total. The Bertz CT molecular complexity index is 227. The minimum absolute atomic E-state index is 0.654. The van der Waals surface area contributed by atoms with Crippen molar-refractivity contribution in [2.24, 2.45) is 5.92 Å². The third kappa shape index (κ3) is 2.03. The summed E-state index contributed by atoms with van der Waals surface area (Å²) in [6.07, 6.45) is 2.00. The summed E-state index contributed by atoms with van der Waals surface area (Å²) < 4.78 is 0. The van der Waals surface area contributed by atoms with Crippen LogP contribution in [-0.4, -0.2) is 4.98 Å². The fourth-order valence-electron chi connectivity index (χ4n) is 0.917. The lowest BCUT2D eigenvalue weighted by Crippen LogP contribution is -1.98. The molecular weight excluding hydrogens is 154 g/mol. The van der Waals surface area contributed by atoms with Gasteiger partial charge < -0.3 is 0 Å². The molecule has 0 N–H and O–H groups in total. The van der Waals surface area contributed by atoms with Crippen LogP contribution in [-0.2, 0) is 0 Å². The molecule has 1 aromatic rings. The number of hydrogen-bond acceptors (Lipinski definition) is 2. The van der Waals surface area contributed by atoms with Crippen molar-refractivity contribution in [1.29, 1.82) is 0 Å². The lowest BCUT2D eigenvalue weighted by Gasteiger charge is -2.11. The van der Waals surface area contributed by atoms with Crippen LogP contribution in [0, 0.1) is 12.8 Å². The minimum atomic E-state index is 0.654. The molecule has 1 atom stereocenters. The molecule has 0 fully saturated rings. The third-order valence-corrected chi connectivity index (χ3v) is 3.20. The fourth-order valence-corrected chi connectivity index (χ4v) is 1.93. The van der Waals surface area contributed by atoms with Gasteiger partial charge in [-0.3, -0.25) is 0 Å².